The summed E-state index contributed by atoms with van der Waals surface area (Å²) in [7, 11) is 0. The van der Waals surface area contributed by atoms with Crippen molar-refractivity contribution in [2.75, 3.05) is 5.73 Å². The van der Waals surface area contributed by atoms with Crippen LogP contribution in [0, 0.1) is 0 Å². The van der Waals surface area contributed by atoms with Crippen molar-refractivity contribution in [1.29, 1.82) is 0 Å². The Balaban J connectivity index is 2.15. The lowest BCUT2D eigenvalue weighted by Crippen LogP contribution is -1.88. The fourth-order valence-corrected chi connectivity index (χ4v) is 1.52. The van der Waals surface area contributed by atoms with Gasteiger partial charge in [0.15, 0.2) is 0 Å². The maximum atomic E-state index is 10.5. The molecule has 2 aromatic carbocycles. The lowest BCUT2D eigenvalue weighted by Gasteiger charge is -2.06. The molecule has 0 saturated carbocycles. The first kappa shape index (κ1) is 12.7. The van der Waals surface area contributed by atoms with Crippen LogP contribution in [0.1, 0.15) is 5.56 Å². The van der Waals surface area contributed by atoms with Crippen molar-refractivity contribution in [2.45, 2.75) is 0 Å². The number of rotatable bonds is 4. The molecule has 0 aliphatic rings. The number of carboxylic acids is 1. The third-order valence-corrected chi connectivity index (χ3v) is 2.39. The van der Waals surface area contributed by atoms with Crippen LogP contribution in [0.3, 0.4) is 0 Å². The maximum absolute atomic E-state index is 10.5. The predicted octanol–water partition coefficient (Wildman–Crippen LogP) is 3.16. The highest BCUT2D eigenvalue weighted by molar-refractivity contribution is 5.85. The van der Waals surface area contributed by atoms with Gasteiger partial charge in [0, 0.05) is 11.8 Å². The van der Waals surface area contributed by atoms with Crippen LogP contribution in [-0.2, 0) is 4.79 Å². The first-order valence-corrected chi connectivity index (χ1v) is 5.68. The highest BCUT2D eigenvalue weighted by Gasteiger charge is 1.98. The molecule has 4 heteroatoms. The number of benzene rings is 2. The Morgan fingerprint density at radius 1 is 1.11 bits per heavy atom. The Morgan fingerprint density at radius 2 is 1.84 bits per heavy atom. The van der Waals surface area contributed by atoms with Crippen molar-refractivity contribution in [3.05, 3.63) is 60.2 Å². The Bertz CT molecular complexity index is 603. The van der Waals surface area contributed by atoms with Gasteiger partial charge in [0.05, 0.1) is 0 Å². The molecular weight excluding hydrogens is 242 g/mol. The van der Waals surface area contributed by atoms with E-state index in [-0.39, 0.29) is 0 Å². The quantitative estimate of drug-likeness (QED) is 0.650. The molecule has 0 unspecified atom stereocenters. The molecule has 0 atom stereocenters. The van der Waals surface area contributed by atoms with Crippen LogP contribution >= 0.6 is 0 Å². The molecule has 0 bridgehead atoms. The number of ether oxygens (including phenoxy) is 1. The highest BCUT2D eigenvalue weighted by Crippen LogP contribution is 2.23. The van der Waals surface area contributed by atoms with E-state index in [4.69, 9.17) is 15.6 Å². The first-order chi connectivity index (χ1) is 9.13. The molecule has 0 aliphatic carbocycles. The number of hydrogen-bond donors (Lipinski definition) is 2. The van der Waals surface area contributed by atoms with Crippen LogP contribution in [0.2, 0.25) is 0 Å². The molecule has 96 valence electrons. The molecule has 0 heterocycles. The summed E-state index contributed by atoms with van der Waals surface area (Å²) in [4.78, 5) is 10.5. The van der Waals surface area contributed by atoms with Crippen molar-refractivity contribution in [1.82, 2.24) is 0 Å². The van der Waals surface area contributed by atoms with E-state index >= 15 is 0 Å². The van der Waals surface area contributed by atoms with E-state index in [1.54, 1.807) is 48.5 Å². The van der Waals surface area contributed by atoms with Gasteiger partial charge in [-0.1, -0.05) is 12.1 Å². The molecule has 2 rings (SSSR count). The van der Waals surface area contributed by atoms with Crippen molar-refractivity contribution in [2.24, 2.45) is 0 Å². The normalized spacial score (nSPS) is 10.5. The number of carbonyl (C=O) groups is 1. The van der Waals surface area contributed by atoms with Gasteiger partial charge in [-0.15, -0.1) is 0 Å². The van der Waals surface area contributed by atoms with Gasteiger partial charge in [0.25, 0.3) is 0 Å². The number of carboxylic acid groups (broad SMARTS) is 1. The summed E-state index contributed by atoms with van der Waals surface area (Å²) in [5.74, 6) is 0.329. The number of hydrogen-bond acceptors (Lipinski definition) is 3. The van der Waals surface area contributed by atoms with E-state index in [1.807, 2.05) is 0 Å². The molecule has 0 fully saturated rings. The average molecular weight is 255 g/mol. The van der Waals surface area contributed by atoms with Crippen LogP contribution < -0.4 is 10.5 Å². The van der Waals surface area contributed by atoms with Gasteiger partial charge in [-0.3, -0.25) is 0 Å². The Kier molecular flexibility index (Phi) is 3.83. The lowest BCUT2D eigenvalue weighted by atomic mass is 10.2. The zero-order chi connectivity index (χ0) is 13.7. The van der Waals surface area contributed by atoms with Gasteiger partial charge >= 0.3 is 5.97 Å². The lowest BCUT2D eigenvalue weighted by molar-refractivity contribution is -0.131. The molecule has 0 aromatic heterocycles. The van der Waals surface area contributed by atoms with Crippen LogP contribution in [0.25, 0.3) is 6.08 Å². The minimum absolute atomic E-state index is 0.636. The van der Waals surface area contributed by atoms with Crippen LogP contribution in [0.15, 0.2) is 54.6 Å². The second-order valence-corrected chi connectivity index (χ2v) is 3.92. The van der Waals surface area contributed by atoms with Crippen LogP contribution in [-0.4, -0.2) is 11.1 Å². The average Bonchev–Trinajstić information content (AvgIpc) is 2.40. The molecular formula is C15H13NO3. The first-order valence-electron chi connectivity index (χ1n) is 5.68. The molecule has 19 heavy (non-hydrogen) atoms. The number of nitrogens with two attached hydrogens (primary N) is 1. The molecule has 0 aliphatic heterocycles. The largest absolute Gasteiger partial charge is 0.478 e. The number of aliphatic carboxylic acids is 1. The van der Waals surface area contributed by atoms with Crippen molar-refractivity contribution in [3.8, 4) is 11.5 Å². The summed E-state index contributed by atoms with van der Waals surface area (Å²) in [6.07, 6.45) is 2.60. The molecule has 2 aromatic rings. The smallest absolute Gasteiger partial charge is 0.328 e. The molecule has 4 nitrogen and oxygen atoms in total. The van der Waals surface area contributed by atoms with Crippen molar-refractivity contribution in [3.63, 3.8) is 0 Å². The fourth-order valence-electron chi connectivity index (χ4n) is 1.52. The third-order valence-electron chi connectivity index (χ3n) is 2.39. The van der Waals surface area contributed by atoms with E-state index in [9.17, 15) is 4.79 Å². The van der Waals surface area contributed by atoms with Crippen molar-refractivity contribution >= 4 is 17.7 Å². The Morgan fingerprint density at radius 3 is 2.53 bits per heavy atom. The second kappa shape index (κ2) is 5.73. The minimum Gasteiger partial charge on any atom is -0.478 e. The summed E-state index contributed by atoms with van der Waals surface area (Å²) in [6, 6.07) is 14.2. The summed E-state index contributed by atoms with van der Waals surface area (Å²) in [5, 5.41) is 8.58. The Hall–Kier alpha value is -2.75. The van der Waals surface area contributed by atoms with Gasteiger partial charge in [-0.25, -0.2) is 4.79 Å². The van der Waals surface area contributed by atoms with Gasteiger partial charge < -0.3 is 15.6 Å². The van der Waals surface area contributed by atoms with E-state index < -0.39 is 5.97 Å². The number of anilines is 1. The monoisotopic (exact) mass is 255 g/mol. The summed E-state index contributed by atoms with van der Waals surface area (Å²) < 4.78 is 5.64. The zero-order valence-electron chi connectivity index (χ0n) is 10.1. The third kappa shape index (κ3) is 3.89. The van der Waals surface area contributed by atoms with E-state index in [0.29, 0.717) is 17.2 Å². The summed E-state index contributed by atoms with van der Waals surface area (Å²) in [6.45, 7) is 0. The summed E-state index contributed by atoms with van der Waals surface area (Å²) >= 11 is 0. The van der Waals surface area contributed by atoms with Gasteiger partial charge in [0.1, 0.15) is 11.5 Å². The zero-order valence-corrected chi connectivity index (χ0v) is 10.1. The molecule has 0 saturated heterocycles. The summed E-state index contributed by atoms with van der Waals surface area (Å²) in [5.41, 5.74) is 7.02. The van der Waals surface area contributed by atoms with Gasteiger partial charge in [0.2, 0.25) is 0 Å². The molecule has 3 N–H and O–H groups in total. The van der Waals surface area contributed by atoms with E-state index in [2.05, 4.69) is 0 Å². The van der Waals surface area contributed by atoms with Crippen LogP contribution in [0.5, 0.6) is 11.5 Å². The van der Waals surface area contributed by atoms with Crippen LogP contribution in [0.4, 0.5) is 5.69 Å². The predicted molar refractivity (Wildman–Crippen MR) is 74.0 cm³/mol. The Labute approximate surface area is 110 Å². The van der Waals surface area contributed by atoms with E-state index in [1.165, 1.54) is 6.08 Å². The SMILES string of the molecule is Nc1ccc(Oc2cccc(/C=C/C(=O)O)c2)cc1. The van der Waals surface area contributed by atoms with Gasteiger partial charge in [-0.2, -0.15) is 0 Å². The second-order valence-electron chi connectivity index (χ2n) is 3.92. The standard InChI is InChI=1S/C15H13NO3/c16-12-5-7-13(8-6-12)19-14-3-1-2-11(10-14)4-9-15(17)18/h1-10H,16H2,(H,17,18)/b9-4+. The topological polar surface area (TPSA) is 72.5 Å². The highest BCUT2D eigenvalue weighted by atomic mass is 16.5. The van der Waals surface area contributed by atoms with Crippen molar-refractivity contribution < 1.29 is 14.6 Å². The van der Waals surface area contributed by atoms with Gasteiger partial charge in [-0.05, 0) is 48.0 Å². The minimum atomic E-state index is -0.982. The number of nitrogen functional groups attached to an aromatic ring is 1. The molecule has 0 spiro atoms. The molecule has 0 radical (unpaired) electrons. The van der Waals surface area contributed by atoms with E-state index in [0.717, 1.165) is 11.6 Å². The fraction of sp³-hybridized carbons (Fsp3) is 0. The maximum Gasteiger partial charge on any atom is 0.328 e. The molecule has 0 amide bonds.